The number of likely N-dealkylation sites (tertiary alicyclic amines) is 1. The Labute approximate surface area is 231 Å². The number of hydrogen-bond donors (Lipinski definition) is 0. The molecule has 0 unspecified atom stereocenters. The second kappa shape index (κ2) is 12.7. The molecule has 2 aliphatic rings. The van der Waals surface area contributed by atoms with Crippen molar-refractivity contribution in [2.24, 2.45) is 0 Å². The van der Waals surface area contributed by atoms with Gasteiger partial charge in [-0.25, -0.2) is 9.37 Å². The fourth-order valence-corrected chi connectivity index (χ4v) is 6.27. The fraction of sp³-hybridized carbons (Fsp3) is 0.480. The Morgan fingerprint density at radius 2 is 1.63 bits per heavy atom. The number of fused-ring (bicyclic) bond motifs is 1. The van der Waals surface area contributed by atoms with Crippen LogP contribution >= 0.6 is 34.3 Å². The number of hydrogen-bond acceptors (Lipinski definition) is 6. The molecule has 6 nitrogen and oxygen atoms in total. The summed E-state index contributed by atoms with van der Waals surface area (Å²) in [7, 11) is 0. The van der Waals surface area contributed by atoms with Crippen molar-refractivity contribution in [3.63, 3.8) is 0 Å². The molecule has 38 heavy (non-hydrogen) atoms. The number of benzene rings is 1. The molecule has 0 spiro atoms. The maximum Gasteiger partial charge on any atom is 0.419 e. The van der Waals surface area contributed by atoms with E-state index in [0.717, 1.165) is 17.4 Å². The Morgan fingerprint density at radius 3 is 2.18 bits per heavy atom. The van der Waals surface area contributed by atoms with E-state index in [1.165, 1.54) is 11.3 Å². The van der Waals surface area contributed by atoms with Crippen molar-refractivity contribution < 1.29 is 27.2 Å². The molecule has 5 rings (SSSR count). The lowest BCUT2D eigenvalue weighted by molar-refractivity contribution is -0.139. The Bertz CT molecular complexity index is 1250. The van der Waals surface area contributed by atoms with Crippen LogP contribution in [0.4, 0.5) is 17.6 Å². The molecule has 0 bridgehead atoms. The average molecular weight is 593 g/mol. The molecule has 13 heteroatoms. The largest absolute Gasteiger partial charge is 0.419 e. The third kappa shape index (κ3) is 6.13. The van der Waals surface area contributed by atoms with E-state index in [9.17, 15) is 27.2 Å². The zero-order valence-corrected chi connectivity index (χ0v) is 23.8. The van der Waals surface area contributed by atoms with Gasteiger partial charge in [0.05, 0.1) is 10.6 Å². The van der Waals surface area contributed by atoms with Crippen LogP contribution in [-0.2, 0) is 6.18 Å². The molecule has 2 saturated heterocycles. The molecule has 2 amide bonds. The summed E-state index contributed by atoms with van der Waals surface area (Å²) in [5.41, 5.74) is -1.41. The Kier molecular flexibility index (Phi) is 10.1. The van der Waals surface area contributed by atoms with Gasteiger partial charge in [-0.3, -0.25) is 14.5 Å². The van der Waals surface area contributed by atoms with E-state index in [-0.39, 0.29) is 37.8 Å². The summed E-state index contributed by atoms with van der Waals surface area (Å²) >= 11 is 8.44. The van der Waals surface area contributed by atoms with E-state index in [1.807, 2.05) is 27.7 Å². The van der Waals surface area contributed by atoms with Crippen LogP contribution in [0, 0.1) is 5.82 Å². The number of thiophene rings is 1. The molecule has 1 aromatic carbocycles. The second-order valence-electron chi connectivity index (χ2n) is 8.10. The van der Waals surface area contributed by atoms with Gasteiger partial charge < -0.3 is 9.80 Å². The molecule has 2 aliphatic heterocycles. The highest BCUT2D eigenvalue weighted by molar-refractivity contribution is 7.21. The Hall–Kier alpha value is -2.28. The predicted molar refractivity (Wildman–Crippen MR) is 144 cm³/mol. The van der Waals surface area contributed by atoms with E-state index >= 15 is 0 Å². The number of halogens is 5. The number of amides is 2. The lowest BCUT2D eigenvalue weighted by Crippen LogP contribution is -2.64. The summed E-state index contributed by atoms with van der Waals surface area (Å²) in [6.07, 6.45) is -3.25. The van der Waals surface area contributed by atoms with Crippen molar-refractivity contribution in [1.29, 1.82) is 0 Å². The molecule has 208 valence electrons. The normalized spacial score (nSPS) is 16.3. The first-order valence-electron chi connectivity index (χ1n) is 12.3. The van der Waals surface area contributed by atoms with Crippen molar-refractivity contribution >= 4 is 56.2 Å². The first-order chi connectivity index (χ1) is 18.1. The lowest BCUT2D eigenvalue weighted by atomic mass is 10.1. The van der Waals surface area contributed by atoms with Crippen molar-refractivity contribution in [2.75, 3.05) is 39.3 Å². The predicted octanol–water partition coefficient (Wildman–Crippen LogP) is 6.50. The fourth-order valence-electron chi connectivity index (χ4n) is 4.19. The van der Waals surface area contributed by atoms with Crippen LogP contribution in [0.1, 0.15) is 52.7 Å². The number of aromatic nitrogens is 1. The van der Waals surface area contributed by atoms with Gasteiger partial charge in [0.15, 0.2) is 5.01 Å². The lowest BCUT2D eigenvalue weighted by Gasteiger charge is -2.48. The van der Waals surface area contributed by atoms with Crippen LogP contribution in [0.2, 0.25) is 5.02 Å². The molecule has 0 saturated carbocycles. The van der Waals surface area contributed by atoms with Crippen molar-refractivity contribution in [1.82, 2.24) is 19.7 Å². The molecular weight excluding hydrogens is 564 g/mol. The van der Waals surface area contributed by atoms with Gasteiger partial charge in [0.1, 0.15) is 10.7 Å². The van der Waals surface area contributed by atoms with Crippen molar-refractivity contribution in [2.45, 2.75) is 39.9 Å². The van der Waals surface area contributed by atoms with Crippen LogP contribution in [0.5, 0.6) is 0 Å². The highest BCUT2D eigenvalue weighted by atomic mass is 35.5. The van der Waals surface area contributed by atoms with Gasteiger partial charge >= 0.3 is 6.18 Å². The minimum atomic E-state index is -4.85. The first-order valence-corrected chi connectivity index (χ1v) is 14.4. The minimum Gasteiger partial charge on any atom is -0.335 e. The molecule has 0 N–H and O–H groups in total. The van der Waals surface area contributed by atoms with E-state index < -0.39 is 17.6 Å². The monoisotopic (exact) mass is 592 g/mol. The average Bonchev–Trinajstić information content (AvgIpc) is 3.53. The summed E-state index contributed by atoms with van der Waals surface area (Å²) in [5, 5.41) is 2.16. The SMILES string of the molecule is CC.CC.O=C(c1nccs1)N1CCN(C2CN(C(=O)c3sc4cc(F)c(C(F)(F)F)cc4c3Cl)C2)CC1. The number of rotatable bonds is 3. The summed E-state index contributed by atoms with van der Waals surface area (Å²) in [5.74, 6) is -1.85. The number of piperazine rings is 1. The quantitative estimate of drug-likeness (QED) is 0.326. The van der Waals surface area contributed by atoms with Crippen molar-refractivity contribution in [3.05, 3.63) is 50.0 Å². The molecule has 0 atom stereocenters. The zero-order chi connectivity index (χ0) is 28.2. The van der Waals surface area contributed by atoms with E-state index in [2.05, 4.69) is 9.88 Å². The summed E-state index contributed by atoms with van der Waals surface area (Å²) in [4.78, 5) is 35.1. The molecule has 4 heterocycles. The van der Waals surface area contributed by atoms with Gasteiger partial charge in [-0.1, -0.05) is 39.3 Å². The van der Waals surface area contributed by atoms with Crippen molar-refractivity contribution in [3.8, 4) is 0 Å². The van der Waals surface area contributed by atoms with Gasteiger partial charge in [-0.2, -0.15) is 13.2 Å². The number of carbonyl (C=O) groups is 2. The summed E-state index contributed by atoms with van der Waals surface area (Å²) in [6.45, 7) is 11.4. The van der Waals surface area contributed by atoms with E-state index in [0.29, 0.717) is 50.3 Å². The molecule has 2 fully saturated rings. The van der Waals surface area contributed by atoms with Gasteiger partial charge in [0, 0.05) is 67.0 Å². The van der Waals surface area contributed by atoms with Gasteiger partial charge in [-0.05, 0) is 12.1 Å². The van der Waals surface area contributed by atoms with Crippen LogP contribution in [0.15, 0.2) is 23.7 Å². The van der Waals surface area contributed by atoms with Crippen LogP contribution in [0.3, 0.4) is 0 Å². The first kappa shape index (κ1) is 30.3. The maximum absolute atomic E-state index is 13.9. The minimum absolute atomic E-state index is 0.0156. The maximum atomic E-state index is 13.9. The van der Waals surface area contributed by atoms with E-state index in [1.54, 1.807) is 21.4 Å². The number of nitrogens with zero attached hydrogens (tertiary/aromatic N) is 4. The number of thiazole rings is 1. The molecule has 0 radical (unpaired) electrons. The van der Waals surface area contributed by atoms with Crippen LogP contribution in [-0.4, -0.2) is 76.8 Å². The smallest absolute Gasteiger partial charge is 0.335 e. The topological polar surface area (TPSA) is 56.8 Å². The Morgan fingerprint density at radius 1 is 1.00 bits per heavy atom. The number of carbonyl (C=O) groups excluding carboxylic acids is 2. The third-order valence-electron chi connectivity index (χ3n) is 6.10. The highest BCUT2D eigenvalue weighted by Crippen LogP contribution is 2.41. The summed E-state index contributed by atoms with van der Waals surface area (Å²) < 4.78 is 53.2. The van der Waals surface area contributed by atoms with E-state index in [4.69, 9.17) is 11.6 Å². The standard InChI is InChI=1S/C21H17ClF4N4O2S2.2C2H6/c22-16-12-7-13(21(24,25)26)14(23)8-15(12)34-17(16)19(31)30-9-11(10-30)28-2-4-29(5-3-28)20(32)18-27-1-6-33-18;2*1-2/h1,6-8,11H,2-5,9-10H2;2*1-2H3. The van der Waals surface area contributed by atoms with Gasteiger partial charge in [0.2, 0.25) is 0 Å². The second-order valence-corrected chi connectivity index (χ2v) is 10.4. The van der Waals surface area contributed by atoms with Gasteiger partial charge in [-0.15, -0.1) is 22.7 Å². The van der Waals surface area contributed by atoms with Gasteiger partial charge in [0.25, 0.3) is 11.8 Å². The third-order valence-corrected chi connectivity index (χ3v) is 8.51. The summed E-state index contributed by atoms with van der Waals surface area (Å²) in [6, 6.07) is 1.56. The molecule has 2 aromatic heterocycles. The molecule has 0 aliphatic carbocycles. The Balaban J connectivity index is 0.000000956. The van der Waals surface area contributed by atoms with Crippen LogP contribution < -0.4 is 0 Å². The zero-order valence-electron chi connectivity index (χ0n) is 21.4. The number of alkyl halides is 3. The molecular formula is C25H29ClF4N4O2S2. The highest BCUT2D eigenvalue weighted by Gasteiger charge is 2.39. The molecule has 3 aromatic rings. The van der Waals surface area contributed by atoms with Crippen LogP contribution in [0.25, 0.3) is 10.1 Å².